The third kappa shape index (κ3) is 31.1. The first-order chi connectivity index (χ1) is 14.1. The molecule has 6 heteroatoms. The van der Waals surface area contributed by atoms with E-state index in [-0.39, 0.29) is 29.7 Å². The van der Waals surface area contributed by atoms with Crippen molar-refractivity contribution in [1.29, 1.82) is 0 Å². The summed E-state index contributed by atoms with van der Waals surface area (Å²) in [5, 5.41) is 0. The van der Waals surface area contributed by atoms with Crippen molar-refractivity contribution in [2.24, 2.45) is 0 Å². The second-order valence-corrected chi connectivity index (χ2v) is 9.86. The van der Waals surface area contributed by atoms with Crippen LogP contribution in [0.2, 0.25) is 0 Å². The molecule has 0 aromatic carbocycles. The number of hydrogen-bond donors (Lipinski definition) is 0. The Balaban J connectivity index is 0. The summed E-state index contributed by atoms with van der Waals surface area (Å²) in [4.78, 5) is 20.6. The fraction of sp³-hybridized carbons (Fsp3) is 1.00. The van der Waals surface area contributed by atoms with E-state index in [2.05, 4.69) is 11.4 Å². The third-order valence-electron chi connectivity index (χ3n) is 5.75. The zero-order valence-electron chi connectivity index (χ0n) is 20.1. The Morgan fingerprint density at radius 2 is 0.733 bits per heavy atom. The molecule has 0 bridgehead atoms. The van der Waals surface area contributed by atoms with Gasteiger partial charge in [0.05, 0.1) is 14.4 Å². The van der Waals surface area contributed by atoms with Crippen molar-refractivity contribution in [1.82, 2.24) is 0 Å². The molecule has 0 spiro atoms. The van der Waals surface area contributed by atoms with Crippen LogP contribution >= 0.6 is 7.82 Å². The van der Waals surface area contributed by atoms with Gasteiger partial charge in [-0.3, -0.25) is 0 Å². The largest absolute Gasteiger partial charge is 2.00 e. The van der Waals surface area contributed by atoms with E-state index >= 15 is 0 Å². The first-order valence-corrected chi connectivity index (χ1v) is 14.2. The van der Waals surface area contributed by atoms with Gasteiger partial charge < -0.3 is 18.9 Å². The van der Waals surface area contributed by atoms with Crippen molar-refractivity contribution >= 4 is 30.9 Å². The van der Waals surface area contributed by atoms with Gasteiger partial charge in [-0.25, -0.2) is 0 Å². The molecule has 4 nitrogen and oxygen atoms in total. The van der Waals surface area contributed by atoms with Crippen LogP contribution < -0.4 is 9.79 Å². The van der Waals surface area contributed by atoms with Gasteiger partial charge in [0.1, 0.15) is 0 Å². The van der Waals surface area contributed by atoms with Crippen molar-refractivity contribution in [3.05, 3.63) is 0 Å². The Labute approximate surface area is 204 Å². The Kier molecular flexibility index (Phi) is 28.8. The summed E-state index contributed by atoms with van der Waals surface area (Å²) in [7, 11) is -4.76. The molecular formula is C24H49MgO4P. The SMILES string of the molecule is CCCCCCCCCCCCCCCCCCCCCCCCOP(=O)([O-])[O-].[Mg+2]. The fourth-order valence-electron chi connectivity index (χ4n) is 3.89. The van der Waals surface area contributed by atoms with E-state index in [0.717, 1.165) is 12.8 Å². The van der Waals surface area contributed by atoms with Gasteiger partial charge in [-0.05, 0) is 6.42 Å². The minimum Gasteiger partial charge on any atom is -0.790 e. The van der Waals surface area contributed by atoms with Crippen LogP contribution in [-0.4, -0.2) is 29.7 Å². The molecule has 0 fully saturated rings. The molecule has 0 N–H and O–H groups in total. The van der Waals surface area contributed by atoms with Crippen molar-refractivity contribution in [3.8, 4) is 0 Å². The summed E-state index contributed by atoms with van der Waals surface area (Å²) in [6.07, 6.45) is 29.1. The van der Waals surface area contributed by atoms with Gasteiger partial charge in [-0.2, -0.15) is 0 Å². The van der Waals surface area contributed by atoms with Gasteiger partial charge in [0.15, 0.2) is 0 Å². The maximum Gasteiger partial charge on any atom is 2.00 e. The molecule has 0 unspecified atom stereocenters. The molecule has 0 aliphatic heterocycles. The standard InChI is InChI=1S/C24H51O4P.Mg/c1-2-3-4-5-6-7-8-9-10-11-12-13-14-15-16-17-18-19-20-21-22-23-24-28-29(25,26)27;/h2-24H2,1H3,(H2,25,26,27);/q;+2/p-2. The summed E-state index contributed by atoms with van der Waals surface area (Å²) in [6, 6.07) is 0. The van der Waals surface area contributed by atoms with E-state index < -0.39 is 7.82 Å². The molecule has 0 radical (unpaired) electrons. The Bertz CT molecular complexity index is 363. The number of unbranched alkanes of at least 4 members (excludes halogenated alkanes) is 21. The molecule has 0 aromatic rings. The van der Waals surface area contributed by atoms with Crippen LogP contribution in [0.4, 0.5) is 0 Å². The van der Waals surface area contributed by atoms with Crippen molar-refractivity contribution in [2.75, 3.05) is 6.61 Å². The average molecular weight is 457 g/mol. The van der Waals surface area contributed by atoms with E-state index in [0.29, 0.717) is 6.42 Å². The van der Waals surface area contributed by atoms with E-state index in [1.165, 1.54) is 122 Å². The molecule has 0 heterocycles. The van der Waals surface area contributed by atoms with E-state index in [1.54, 1.807) is 0 Å². The monoisotopic (exact) mass is 456 g/mol. The van der Waals surface area contributed by atoms with Crippen LogP contribution in [0.15, 0.2) is 0 Å². The van der Waals surface area contributed by atoms with Gasteiger partial charge in [-0.15, -0.1) is 0 Å². The van der Waals surface area contributed by atoms with E-state index in [1.807, 2.05) is 0 Å². The minimum absolute atomic E-state index is 0. The molecule has 0 aliphatic rings. The minimum atomic E-state index is -4.76. The smallest absolute Gasteiger partial charge is 0.790 e. The molecule has 0 aromatic heterocycles. The number of rotatable bonds is 24. The molecular weight excluding hydrogens is 408 g/mol. The van der Waals surface area contributed by atoms with Crippen LogP contribution in [0.5, 0.6) is 0 Å². The average Bonchev–Trinajstić information content (AvgIpc) is 2.67. The normalized spacial score (nSPS) is 11.6. The second kappa shape index (κ2) is 26.1. The quantitative estimate of drug-likeness (QED) is 0.0885. The van der Waals surface area contributed by atoms with Crippen LogP contribution in [0.1, 0.15) is 148 Å². The van der Waals surface area contributed by atoms with E-state index in [9.17, 15) is 14.4 Å². The van der Waals surface area contributed by atoms with Crippen LogP contribution in [0, 0.1) is 0 Å². The summed E-state index contributed by atoms with van der Waals surface area (Å²) >= 11 is 0. The zero-order valence-corrected chi connectivity index (χ0v) is 22.4. The number of phosphoric ester groups is 1. The van der Waals surface area contributed by atoms with Crippen molar-refractivity contribution in [3.63, 3.8) is 0 Å². The predicted octanol–water partition coefficient (Wildman–Crippen LogP) is 7.05. The zero-order chi connectivity index (χ0) is 21.5. The molecule has 0 rings (SSSR count). The predicted molar refractivity (Wildman–Crippen MR) is 127 cm³/mol. The molecule has 30 heavy (non-hydrogen) atoms. The molecule has 0 aliphatic carbocycles. The van der Waals surface area contributed by atoms with Gasteiger partial charge in [0.25, 0.3) is 0 Å². The van der Waals surface area contributed by atoms with Gasteiger partial charge >= 0.3 is 23.1 Å². The number of hydrogen-bond acceptors (Lipinski definition) is 4. The first kappa shape index (κ1) is 33.1. The molecule has 0 saturated carbocycles. The third-order valence-corrected chi connectivity index (χ3v) is 6.25. The second-order valence-electron chi connectivity index (χ2n) is 8.71. The molecule has 0 atom stereocenters. The van der Waals surface area contributed by atoms with E-state index in [4.69, 9.17) is 0 Å². The van der Waals surface area contributed by atoms with Gasteiger partial charge in [0.2, 0.25) is 0 Å². The Morgan fingerprint density at radius 3 is 0.967 bits per heavy atom. The fourth-order valence-corrected chi connectivity index (χ4v) is 4.24. The maximum absolute atomic E-state index is 10.3. The molecule has 0 amide bonds. The van der Waals surface area contributed by atoms with Crippen LogP contribution in [-0.2, 0) is 9.09 Å². The topological polar surface area (TPSA) is 72.4 Å². The Hall–Kier alpha value is 0.876. The summed E-state index contributed by atoms with van der Waals surface area (Å²) < 4.78 is 14.5. The van der Waals surface area contributed by atoms with Gasteiger partial charge in [-0.1, -0.05) is 142 Å². The van der Waals surface area contributed by atoms with Crippen molar-refractivity contribution in [2.45, 2.75) is 148 Å². The van der Waals surface area contributed by atoms with Crippen LogP contribution in [0.3, 0.4) is 0 Å². The van der Waals surface area contributed by atoms with Crippen LogP contribution in [0.25, 0.3) is 0 Å². The summed E-state index contributed by atoms with van der Waals surface area (Å²) in [5.74, 6) is 0. The summed E-state index contributed by atoms with van der Waals surface area (Å²) in [5.41, 5.74) is 0. The Morgan fingerprint density at radius 1 is 0.500 bits per heavy atom. The van der Waals surface area contributed by atoms with Crippen molar-refractivity contribution < 1.29 is 18.9 Å². The molecule has 0 saturated heterocycles. The summed E-state index contributed by atoms with van der Waals surface area (Å²) in [6.45, 7) is 2.33. The maximum atomic E-state index is 10.3. The first-order valence-electron chi connectivity index (χ1n) is 12.7. The number of phosphoric acid groups is 1. The molecule has 176 valence electrons. The van der Waals surface area contributed by atoms with Gasteiger partial charge in [0, 0.05) is 0 Å².